The highest BCUT2D eigenvalue weighted by Crippen LogP contribution is 2.31. The Morgan fingerprint density at radius 2 is 2.05 bits per heavy atom. The molecule has 1 aromatic heterocycles. The average molecular weight is 269 g/mol. The lowest BCUT2D eigenvalue weighted by atomic mass is 10.0. The molecule has 0 aromatic carbocycles. The molecule has 2 atom stereocenters. The van der Waals surface area contributed by atoms with Gasteiger partial charge in [-0.1, -0.05) is 6.92 Å². The molecular formula is C14H27N3O2. The van der Waals surface area contributed by atoms with E-state index in [0.29, 0.717) is 6.61 Å². The number of aromatic nitrogens is 2. The van der Waals surface area contributed by atoms with Crippen LogP contribution >= 0.6 is 0 Å². The molecule has 0 aliphatic rings. The zero-order chi connectivity index (χ0) is 14.4. The number of ether oxygens (including phenoxy) is 2. The zero-order valence-electron chi connectivity index (χ0n) is 12.9. The maximum absolute atomic E-state index is 5.84. The van der Waals surface area contributed by atoms with Crippen LogP contribution in [-0.4, -0.2) is 36.6 Å². The molecule has 1 N–H and O–H groups in total. The molecule has 2 unspecified atom stereocenters. The van der Waals surface area contributed by atoms with Crippen LogP contribution in [0.25, 0.3) is 0 Å². The van der Waals surface area contributed by atoms with Crippen LogP contribution in [0.5, 0.6) is 5.75 Å². The third-order valence-corrected chi connectivity index (χ3v) is 3.27. The van der Waals surface area contributed by atoms with Gasteiger partial charge in [-0.25, -0.2) is 0 Å². The van der Waals surface area contributed by atoms with Gasteiger partial charge in [0.05, 0.1) is 25.5 Å². The molecule has 19 heavy (non-hydrogen) atoms. The lowest BCUT2D eigenvalue weighted by Gasteiger charge is -2.28. The fourth-order valence-electron chi connectivity index (χ4n) is 2.38. The smallest absolute Gasteiger partial charge is 0.161 e. The second-order valence-electron chi connectivity index (χ2n) is 4.80. The Labute approximate surface area is 116 Å². The van der Waals surface area contributed by atoms with Gasteiger partial charge in [0.15, 0.2) is 5.75 Å². The van der Waals surface area contributed by atoms with Gasteiger partial charge in [0, 0.05) is 12.6 Å². The van der Waals surface area contributed by atoms with Crippen molar-refractivity contribution in [1.82, 2.24) is 15.1 Å². The minimum absolute atomic E-state index is 0.0739. The highest BCUT2D eigenvalue weighted by atomic mass is 16.5. The summed E-state index contributed by atoms with van der Waals surface area (Å²) in [6.07, 6.45) is 2.82. The SMILES string of the molecule is CCOC(CC)C(NC)c1c(OC)cnn1C(C)C. The number of nitrogens with one attached hydrogen (secondary N) is 1. The van der Waals surface area contributed by atoms with E-state index in [1.807, 2.05) is 18.7 Å². The molecule has 0 saturated heterocycles. The van der Waals surface area contributed by atoms with Crippen LogP contribution < -0.4 is 10.1 Å². The Balaban J connectivity index is 3.18. The fraction of sp³-hybridized carbons (Fsp3) is 0.786. The van der Waals surface area contributed by atoms with Crippen LogP contribution in [0.1, 0.15) is 51.9 Å². The van der Waals surface area contributed by atoms with Gasteiger partial charge in [-0.05, 0) is 34.2 Å². The Bertz CT molecular complexity index is 377. The molecule has 110 valence electrons. The molecule has 0 aliphatic carbocycles. The van der Waals surface area contributed by atoms with E-state index >= 15 is 0 Å². The summed E-state index contributed by atoms with van der Waals surface area (Å²) < 4.78 is 13.3. The van der Waals surface area contributed by atoms with Gasteiger partial charge in [0.1, 0.15) is 5.69 Å². The van der Waals surface area contributed by atoms with Crippen LogP contribution in [0.15, 0.2) is 6.20 Å². The summed E-state index contributed by atoms with van der Waals surface area (Å²) in [5.41, 5.74) is 1.06. The van der Waals surface area contributed by atoms with Crippen molar-refractivity contribution in [3.05, 3.63) is 11.9 Å². The van der Waals surface area contributed by atoms with Crippen molar-refractivity contribution in [2.45, 2.75) is 52.3 Å². The first-order chi connectivity index (χ1) is 9.10. The van der Waals surface area contributed by atoms with E-state index in [4.69, 9.17) is 9.47 Å². The molecule has 0 amide bonds. The van der Waals surface area contributed by atoms with E-state index in [1.165, 1.54) is 0 Å². The van der Waals surface area contributed by atoms with E-state index in [2.05, 4.69) is 31.2 Å². The maximum Gasteiger partial charge on any atom is 0.161 e. The van der Waals surface area contributed by atoms with Gasteiger partial charge in [-0.15, -0.1) is 0 Å². The lowest BCUT2D eigenvalue weighted by molar-refractivity contribution is 0.0302. The largest absolute Gasteiger partial charge is 0.493 e. The molecule has 0 saturated carbocycles. The van der Waals surface area contributed by atoms with Gasteiger partial charge in [0.2, 0.25) is 0 Å². The monoisotopic (exact) mass is 269 g/mol. The molecule has 0 bridgehead atoms. The first-order valence-corrected chi connectivity index (χ1v) is 7.00. The molecule has 5 nitrogen and oxygen atoms in total. The molecule has 0 aliphatic heterocycles. The summed E-state index contributed by atoms with van der Waals surface area (Å²) in [7, 11) is 3.63. The standard InChI is InChI=1S/C14H27N3O2/c1-7-11(19-8-2)13(15-5)14-12(18-6)9-16-17(14)10(3)4/h9-11,13,15H,7-8H2,1-6H3. The summed E-state index contributed by atoms with van der Waals surface area (Å²) in [5, 5.41) is 7.77. The van der Waals surface area contributed by atoms with Crippen molar-refractivity contribution in [2.75, 3.05) is 20.8 Å². The summed E-state index contributed by atoms with van der Waals surface area (Å²) in [5.74, 6) is 0.811. The number of hydrogen-bond acceptors (Lipinski definition) is 4. The van der Waals surface area contributed by atoms with Crippen LogP contribution in [0.3, 0.4) is 0 Å². The predicted octanol–water partition coefficient (Wildman–Crippen LogP) is 2.55. The van der Waals surface area contributed by atoms with Crippen molar-refractivity contribution >= 4 is 0 Å². The quantitative estimate of drug-likeness (QED) is 0.788. The van der Waals surface area contributed by atoms with Crippen molar-refractivity contribution in [3.8, 4) is 5.75 Å². The molecule has 1 heterocycles. The molecule has 0 spiro atoms. The highest BCUT2D eigenvalue weighted by Gasteiger charge is 2.28. The minimum Gasteiger partial charge on any atom is -0.493 e. The first kappa shape index (κ1) is 16.0. The normalized spacial score (nSPS) is 14.7. The summed E-state index contributed by atoms with van der Waals surface area (Å²) in [6, 6.07) is 0.360. The number of hydrogen-bond donors (Lipinski definition) is 1. The van der Waals surface area contributed by atoms with E-state index in [0.717, 1.165) is 17.9 Å². The van der Waals surface area contributed by atoms with Crippen molar-refractivity contribution < 1.29 is 9.47 Å². The number of rotatable bonds is 8. The molecular weight excluding hydrogens is 242 g/mol. The minimum atomic E-state index is 0.0739. The second kappa shape index (κ2) is 7.50. The summed E-state index contributed by atoms with van der Waals surface area (Å²) in [4.78, 5) is 0. The summed E-state index contributed by atoms with van der Waals surface area (Å²) in [6.45, 7) is 9.09. The second-order valence-corrected chi connectivity index (χ2v) is 4.80. The molecule has 0 fully saturated rings. The van der Waals surface area contributed by atoms with Crippen molar-refractivity contribution in [1.29, 1.82) is 0 Å². The lowest BCUT2D eigenvalue weighted by Crippen LogP contribution is -2.34. The van der Waals surface area contributed by atoms with E-state index in [1.54, 1.807) is 13.3 Å². The molecule has 1 aromatic rings. The molecule has 0 radical (unpaired) electrons. The number of likely N-dealkylation sites (N-methyl/N-ethyl adjacent to an activating group) is 1. The van der Waals surface area contributed by atoms with E-state index in [-0.39, 0.29) is 18.2 Å². The predicted molar refractivity (Wildman–Crippen MR) is 76.7 cm³/mol. The van der Waals surface area contributed by atoms with Crippen LogP contribution in [0, 0.1) is 0 Å². The average Bonchev–Trinajstić information content (AvgIpc) is 2.82. The Kier molecular flexibility index (Phi) is 6.31. The topological polar surface area (TPSA) is 48.3 Å². The van der Waals surface area contributed by atoms with Crippen molar-refractivity contribution in [2.24, 2.45) is 0 Å². The summed E-state index contributed by atoms with van der Waals surface area (Å²) >= 11 is 0. The van der Waals surface area contributed by atoms with Gasteiger partial charge in [0.25, 0.3) is 0 Å². The Morgan fingerprint density at radius 3 is 2.47 bits per heavy atom. The van der Waals surface area contributed by atoms with Gasteiger partial charge >= 0.3 is 0 Å². The van der Waals surface area contributed by atoms with E-state index in [9.17, 15) is 0 Å². The van der Waals surface area contributed by atoms with Gasteiger partial charge in [-0.2, -0.15) is 5.10 Å². The van der Waals surface area contributed by atoms with Gasteiger partial charge < -0.3 is 14.8 Å². The van der Waals surface area contributed by atoms with Gasteiger partial charge in [-0.3, -0.25) is 4.68 Å². The maximum atomic E-state index is 5.84. The van der Waals surface area contributed by atoms with Crippen LogP contribution in [0.4, 0.5) is 0 Å². The van der Waals surface area contributed by atoms with Crippen molar-refractivity contribution in [3.63, 3.8) is 0 Å². The molecule has 5 heteroatoms. The first-order valence-electron chi connectivity index (χ1n) is 7.00. The molecule has 1 rings (SSSR count). The van der Waals surface area contributed by atoms with Crippen LogP contribution in [-0.2, 0) is 4.74 Å². The van der Waals surface area contributed by atoms with E-state index < -0.39 is 0 Å². The Hall–Kier alpha value is -1.07. The third-order valence-electron chi connectivity index (χ3n) is 3.27. The third kappa shape index (κ3) is 3.48. The number of methoxy groups -OCH3 is 1. The number of nitrogens with zero attached hydrogens (tertiary/aromatic N) is 2. The highest BCUT2D eigenvalue weighted by molar-refractivity contribution is 5.29. The fourth-order valence-corrected chi connectivity index (χ4v) is 2.38. The van der Waals surface area contributed by atoms with Crippen LogP contribution in [0.2, 0.25) is 0 Å². The Morgan fingerprint density at radius 1 is 1.37 bits per heavy atom. The zero-order valence-corrected chi connectivity index (χ0v) is 12.9.